The van der Waals surface area contributed by atoms with Crippen molar-refractivity contribution < 1.29 is 9.59 Å². The number of carbonyl (C=O) groups excluding carboxylic acids is 2. The zero-order valence-electron chi connectivity index (χ0n) is 24.9. The first-order chi connectivity index (χ1) is 20.5. The summed E-state index contributed by atoms with van der Waals surface area (Å²) in [6.45, 7) is 3.77. The van der Waals surface area contributed by atoms with Crippen LogP contribution in [0.3, 0.4) is 0 Å². The maximum absolute atomic E-state index is 12.7. The molecule has 0 saturated heterocycles. The largest absolute Gasteiger partial charge is 0.271 e. The fourth-order valence-corrected chi connectivity index (χ4v) is 6.17. The summed E-state index contributed by atoms with van der Waals surface area (Å²) < 4.78 is 0. The van der Waals surface area contributed by atoms with Gasteiger partial charge in [-0.15, -0.1) is 0 Å². The molecule has 2 fully saturated rings. The zero-order valence-corrected chi connectivity index (χ0v) is 24.9. The number of hydrogen-bond acceptors (Lipinski definition) is 4. The Bertz CT molecular complexity index is 1300. The third-order valence-corrected chi connectivity index (χ3v) is 8.87. The third-order valence-electron chi connectivity index (χ3n) is 8.87. The van der Waals surface area contributed by atoms with Crippen molar-refractivity contribution in [2.75, 3.05) is 0 Å². The first-order valence-electron chi connectivity index (χ1n) is 15.5. The van der Waals surface area contributed by atoms with E-state index >= 15 is 0 Å². The quantitative estimate of drug-likeness (QED) is 0.215. The van der Waals surface area contributed by atoms with Gasteiger partial charge in [0.25, 0.3) is 11.8 Å². The van der Waals surface area contributed by atoms with Crippen LogP contribution in [0.4, 0.5) is 0 Å². The van der Waals surface area contributed by atoms with E-state index < -0.39 is 0 Å². The van der Waals surface area contributed by atoms with Crippen LogP contribution >= 0.6 is 0 Å². The van der Waals surface area contributed by atoms with Crippen LogP contribution in [-0.2, 0) is 0 Å². The summed E-state index contributed by atoms with van der Waals surface area (Å²) in [6, 6.07) is 23.6. The molecule has 2 N–H and O–H groups in total. The van der Waals surface area contributed by atoms with E-state index in [9.17, 15) is 9.59 Å². The van der Waals surface area contributed by atoms with Crippen LogP contribution in [0.15, 0.2) is 83.0 Å². The van der Waals surface area contributed by atoms with Gasteiger partial charge in [-0.25, -0.2) is 10.9 Å². The van der Waals surface area contributed by atoms with Crippen LogP contribution in [0.5, 0.6) is 0 Å². The molecule has 0 atom stereocenters. The minimum Gasteiger partial charge on any atom is -0.267 e. The highest BCUT2D eigenvalue weighted by Crippen LogP contribution is 2.33. The minimum absolute atomic E-state index is 0.328. The van der Waals surface area contributed by atoms with Crippen molar-refractivity contribution in [1.29, 1.82) is 0 Å². The Hall–Kier alpha value is -4.06. The van der Waals surface area contributed by atoms with Gasteiger partial charge in [0.1, 0.15) is 0 Å². The van der Waals surface area contributed by atoms with Crippen LogP contribution in [0.2, 0.25) is 0 Å². The maximum Gasteiger partial charge on any atom is 0.271 e. The number of nitrogens with zero attached hydrogens (tertiary/aromatic N) is 2. The summed E-state index contributed by atoms with van der Waals surface area (Å²) in [5.41, 5.74) is 12.4. The van der Waals surface area contributed by atoms with Gasteiger partial charge < -0.3 is 0 Å². The molecule has 2 saturated carbocycles. The van der Waals surface area contributed by atoms with Crippen LogP contribution < -0.4 is 10.9 Å². The number of hydrogen-bond donors (Lipinski definition) is 2. The van der Waals surface area contributed by atoms with Gasteiger partial charge in [0.15, 0.2) is 0 Å². The Morgan fingerprint density at radius 3 is 1.14 bits per heavy atom. The Labute approximate surface area is 249 Å². The monoisotopic (exact) mass is 562 g/mol. The SMILES string of the molecule is CC(=NNC(=O)c1ccc(C(=O)NN=C(C)c2ccc(C3CCCCC3)cc2)cc1)c1ccc(C2CCCCC2)cc1. The van der Waals surface area contributed by atoms with Crippen LogP contribution in [0, 0.1) is 0 Å². The van der Waals surface area contributed by atoms with E-state index in [1.54, 1.807) is 24.3 Å². The second-order valence-corrected chi connectivity index (χ2v) is 11.8. The number of benzene rings is 3. The van der Waals surface area contributed by atoms with Crippen LogP contribution in [-0.4, -0.2) is 23.2 Å². The molecule has 0 radical (unpaired) electrons. The van der Waals surface area contributed by atoms with E-state index in [1.807, 2.05) is 13.8 Å². The lowest BCUT2D eigenvalue weighted by Gasteiger charge is -2.22. The number of nitrogens with one attached hydrogen (secondary N) is 2. The molecule has 2 aliphatic carbocycles. The molecular formula is C36H42N4O2. The number of amides is 2. The molecule has 0 heterocycles. The molecule has 3 aromatic carbocycles. The zero-order chi connectivity index (χ0) is 29.3. The molecule has 218 valence electrons. The fraction of sp³-hybridized carbons (Fsp3) is 0.389. The highest BCUT2D eigenvalue weighted by atomic mass is 16.2. The van der Waals surface area contributed by atoms with E-state index in [4.69, 9.17) is 0 Å². The predicted molar refractivity (Wildman–Crippen MR) is 170 cm³/mol. The summed E-state index contributed by atoms with van der Waals surface area (Å²) in [6.07, 6.45) is 13.0. The van der Waals surface area contributed by atoms with E-state index in [-0.39, 0.29) is 11.8 Å². The third kappa shape index (κ3) is 7.61. The Kier molecular flexibility index (Phi) is 9.96. The summed E-state index contributed by atoms with van der Waals surface area (Å²) in [4.78, 5) is 25.4. The van der Waals surface area contributed by atoms with Crippen molar-refractivity contribution in [3.8, 4) is 0 Å². The van der Waals surface area contributed by atoms with Crippen molar-refractivity contribution in [3.05, 3.63) is 106 Å². The first kappa shape index (κ1) is 29.4. The average molecular weight is 563 g/mol. The summed E-state index contributed by atoms with van der Waals surface area (Å²) in [5.74, 6) is 0.666. The molecule has 0 unspecified atom stereocenters. The number of rotatable bonds is 8. The predicted octanol–water partition coefficient (Wildman–Crippen LogP) is 8.09. The molecule has 6 nitrogen and oxygen atoms in total. The van der Waals surface area contributed by atoms with Gasteiger partial charge in [-0.1, -0.05) is 87.1 Å². The van der Waals surface area contributed by atoms with Gasteiger partial charge in [0.2, 0.25) is 0 Å². The summed E-state index contributed by atoms with van der Waals surface area (Å²) in [5, 5.41) is 8.60. The van der Waals surface area contributed by atoms with Crippen molar-refractivity contribution in [3.63, 3.8) is 0 Å². The molecular weight excluding hydrogens is 520 g/mol. The number of hydrazone groups is 2. The molecule has 5 rings (SSSR count). The molecule has 0 aliphatic heterocycles. The van der Waals surface area contributed by atoms with Crippen molar-refractivity contribution in [2.45, 2.75) is 89.9 Å². The molecule has 0 spiro atoms. The summed E-state index contributed by atoms with van der Waals surface area (Å²) in [7, 11) is 0. The van der Waals surface area contributed by atoms with Gasteiger partial charge in [-0.05, 0) is 97.9 Å². The lowest BCUT2D eigenvalue weighted by molar-refractivity contribution is 0.0943. The molecule has 3 aromatic rings. The molecule has 2 aliphatic rings. The Morgan fingerprint density at radius 1 is 0.500 bits per heavy atom. The second kappa shape index (κ2) is 14.2. The fourth-order valence-electron chi connectivity index (χ4n) is 6.17. The smallest absolute Gasteiger partial charge is 0.267 e. The van der Waals surface area contributed by atoms with Crippen molar-refractivity contribution >= 4 is 23.2 Å². The highest BCUT2D eigenvalue weighted by molar-refractivity contribution is 6.02. The van der Waals surface area contributed by atoms with Gasteiger partial charge >= 0.3 is 0 Å². The van der Waals surface area contributed by atoms with Crippen LogP contribution in [0.25, 0.3) is 0 Å². The topological polar surface area (TPSA) is 82.9 Å². The van der Waals surface area contributed by atoms with Gasteiger partial charge in [0, 0.05) is 11.1 Å². The lowest BCUT2D eigenvalue weighted by Crippen LogP contribution is -2.21. The second-order valence-electron chi connectivity index (χ2n) is 11.8. The molecule has 42 heavy (non-hydrogen) atoms. The number of carbonyl (C=O) groups is 2. The van der Waals surface area contributed by atoms with Crippen molar-refractivity contribution in [1.82, 2.24) is 10.9 Å². The van der Waals surface area contributed by atoms with E-state index in [0.29, 0.717) is 23.0 Å². The normalized spacial score (nSPS) is 17.1. The van der Waals surface area contributed by atoms with Gasteiger partial charge in [0.05, 0.1) is 11.4 Å². The van der Waals surface area contributed by atoms with E-state index in [0.717, 1.165) is 22.6 Å². The van der Waals surface area contributed by atoms with Gasteiger partial charge in [-0.3, -0.25) is 9.59 Å². The van der Waals surface area contributed by atoms with E-state index in [1.165, 1.54) is 75.3 Å². The Morgan fingerprint density at radius 2 is 0.810 bits per heavy atom. The first-order valence-corrected chi connectivity index (χ1v) is 15.5. The Balaban J connectivity index is 1.12. The highest BCUT2D eigenvalue weighted by Gasteiger charge is 2.17. The van der Waals surface area contributed by atoms with Crippen molar-refractivity contribution in [2.24, 2.45) is 10.2 Å². The lowest BCUT2D eigenvalue weighted by atomic mass is 9.84. The molecule has 0 bridgehead atoms. The van der Waals surface area contributed by atoms with Gasteiger partial charge in [-0.2, -0.15) is 10.2 Å². The molecule has 6 heteroatoms. The standard InChI is InChI=1S/C36H42N4O2/c1-25(27-13-17-31(18-14-27)29-9-5-3-6-10-29)37-39-35(41)33-21-23-34(24-22-33)36(42)40-38-26(2)28-15-19-32(20-16-28)30-11-7-4-8-12-30/h13-24,29-30H,3-12H2,1-2H3,(H,39,41)(H,40,42). The maximum atomic E-state index is 12.7. The minimum atomic E-state index is -0.328. The molecule has 2 amide bonds. The van der Waals surface area contributed by atoms with E-state index in [2.05, 4.69) is 69.6 Å². The molecule has 0 aromatic heterocycles. The average Bonchev–Trinajstić information content (AvgIpc) is 3.06. The van der Waals surface area contributed by atoms with Crippen LogP contribution in [0.1, 0.15) is 133 Å². The summed E-state index contributed by atoms with van der Waals surface area (Å²) >= 11 is 0.